The number of carbonyl (C=O) groups is 2. The molecule has 3 aliphatic rings. The highest BCUT2D eigenvalue weighted by Crippen LogP contribution is 2.65. The predicted octanol–water partition coefficient (Wildman–Crippen LogP) is 5.48. The van der Waals surface area contributed by atoms with Crippen molar-refractivity contribution in [3.63, 3.8) is 0 Å². The van der Waals surface area contributed by atoms with Crippen LogP contribution in [-0.4, -0.2) is 17.9 Å². The second-order valence-corrected chi connectivity index (χ2v) is 8.86. The first-order chi connectivity index (χ1) is 11.6. The van der Waals surface area contributed by atoms with Crippen LogP contribution in [0, 0.1) is 22.2 Å². The van der Waals surface area contributed by atoms with Crippen molar-refractivity contribution in [1.82, 2.24) is 0 Å². The van der Waals surface area contributed by atoms with Crippen molar-refractivity contribution in [2.24, 2.45) is 22.2 Å². The van der Waals surface area contributed by atoms with Gasteiger partial charge in [-0.05, 0) is 43.4 Å². The number of esters is 1. The van der Waals surface area contributed by atoms with Crippen LogP contribution in [0.2, 0.25) is 0 Å². The third-order valence-electron chi connectivity index (χ3n) is 7.21. The van der Waals surface area contributed by atoms with Crippen LogP contribution in [0.1, 0.15) is 87.0 Å². The van der Waals surface area contributed by atoms with Gasteiger partial charge in [-0.25, -0.2) is 0 Å². The second kappa shape index (κ2) is 6.89. The lowest BCUT2D eigenvalue weighted by atomic mass is 9.43. The highest BCUT2D eigenvalue weighted by molar-refractivity contribution is 5.85. The van der Waals surface area contributed by atoms with Crippen LogP contribution in [0.4, 0.5) is 0 Å². The summed E-state index contributed by atoms with van der Waals surface area (Å²) in [5.74, 6) is 0.632. The molecule has 0 aromatic heterocycles. The summed E-state index contributed by atoms with van der Waals surface area (Å²) in [6, 6.07) is 0. The molecule has 25 heavy (non-hydrogen) atoms. The molecule has 0 spiro atoms. The van der Waals surface area contributed by atoms with Gasteiger partial charge in [-0.15, -0.1) is 0 Å². The lowest BCUT2D eigenvalue weighted by molar-refractivity contribution is -0.158. The Labute approximate surface area is 153 Å². The molecular formula is C22H36O3. The first-order valence-corrected chi connectivity index (χ1v) is 10.0. The Hall–Kier alpha value is -1.12. The fraction of sp³-hybridized carbons (Fsp3) is 0.818. The Morgan fingerprint density at radius 2 is 1.72 bits per heavy atom. The molecule has 3 nitrogen and oxygen atoms in total. The summed E-state index contributed by atoms with van der Waals surface area (Å²) in [4.78, 5) is 24.0. The molecule has 4 atom stereocenters. The normalized spacial score (nSPS) is 39.2. The van der Waals surface area contributed by atoms with Gasteiger partial charge in [-0.2, -0.15) is 0 Å². The molecule has 0 aromatic carbocycles. The Bertz CT molecular complexity index is 574. The maximum atomic E-state index is 12.5. The monoisotopic (exact) mass is 348 g/mol. The number of fused-ring (bicyclic) bond motifs is 3. The molecule has 0 radical (unpaired) electrons. The van der Waals surface area contributed by atoms with E-state index >= 15 is 0 Å². The van der Waals surface area contributed by atoms with E-state index in [1.54, 1.807) is 0 Å². The standard InChI is InChI=1S/C20H30O3.C2H6/c1-13(21)23-17-8-6-7-15-19(4)12-10-16(22)18(2,3)14(19)9-11-20(15,17)5;1-2/h7,14,17H,6,8-12H2,1-5H3;1-2H3. The third-order valence-corrected chi connectivity index (χ3v) is 7.21. The fourth-order valence-electron chi connectivity index (χ4n) is 5.98. The molecule has 2 saturated carbocycles. The van der Waals surface area contributed by atoms with Gasteiger partial charge in [0.15, 0.2) is 0 Å². The first kappa shape index (κ1) is 20.2. The Morgan fingerprint density at radius 3 is 2.32 bits per heavy atom. The molecule has 0 amide bonds. The van der Waals surface area contributed by atoms with Gasteiger partial charge in [0, 0.05) is 24.2 Å². The largest absolute Gasteiger partial charge is 0.462 e. The second-order valence-electron chi connectivity index (χ2n) is 8.86. The quantitative estimate of drug-likeness (QED) is 0.466. The van der Waals surface area contributed by atoms with E-state index in [0.717, 1.165) is 32.1 Å². The summed E-state index contributed by atoms with van der Waals surface area (Å²) in [7, 11) is 0. The Balaban J connectivity index is 0.00000109. The average Bonchev–Trinajstić information content (AvgIpc) is 2.54. The van der Waals surface area contributed by atoms with Crippen LogP contribution < -0.4 is 0 Å². The number of hydrogen-bond acceptors (Lipinski definition) is 3. The van der Waals surface area contributed by atoms with Gasteiger partial charge < -0.3 is 4.74 Å². The van der Waals surface area contributed by atoms with Gasteiger partial charge in [-0.3, -0.25) is 9.59 Å². The van der Waals surface area contributed by atoms with Crippen molar-refractivity contribution in [1.29, 1.82) is 0 Å². The number of rotatable bonds is 1. The zero-order valence-electron chi connectivity index (χ0n) is 17.2. The van der Waals surface area contributed by atoms with Crippen LogP contribution in [0.25, 0.3) is 0 Å². The predicted molar refractivity (Wildman–Crippen MR) is 101 cm³/mol. The van der Waals surface area contributed by atoms with Crippen molar-refractivity contribution in [2.45, 2.75) is 93.1 Å². The summed E-state index contributed by atoms with van der Waals surface area (Å²) in [5, 5.41) is 0. The summed E-state index contributed by atoms with van der Waals surface area (Å²) in [6.07, 6.45) is 7.94. The molecule has 2 fully saturated rings. The van der Waals surface area contributed by atoms with E-state index < -0.39 is 0 Å². The lowest BCUT2D eigenvalue weighted by Crippen LogP contribution is -2.57. The fourth-order valence-corrected chi connectivity index (χ4v) is 5.98. The van der Waals surface area contributed by atoms with E-state index in [0.29, 0.717) is 18.1 Å². The minimum atomic E-state index is -0.246. The van der Waals surface area contributed by atoms with Crippen LogP contribution >= 0.6 is 0 Å². The van der Waals surface area contributed by atoms with Crippen molar-refractivity contribution < 1.29 is 14.3 Å². The molecule has 0 saturated heterocycles. The van der Waals surface area contributed by atoms with Crippen LogP contribution in [0.5, 0.6) is 0 Å². The van der Waals surface area contributed by atoms with E-state index in [4.69, 9.17) is 4.74 Å². The number of Topliss-reactive ketones (excluding diaryl/α,β-unsaturated/α-hetero) is 1. The maximum Gasteiger partial charge on any atom is 0.302 e. The van der Waals surface area contributed by atoms with Gasteiger partial charge >= 0.3 is 5.97 Å². The molecule has 0 bridgehead atoms. The topological polar surface area (TPSA) is 43.4 Å². The van der Waals surface area contributed by atoms with Gasteiger partial charge in [0.05, 0.1) is 0 Å². The Morgan fingerprint density at radius 1 is 1.08 bits per heavy atom. The van der Waals surface area contributed by atoms with Crippen LogP contribution in [0.15, 0.2) is 11.6 Å². The van der Waals surface area contributed by atoms with Crippen molar-refractivity contribution in [3.8, 4) is 0 Å². The molecule has 3 aliphatic carbocycles. The smallest absolute Gasteiger partial charge is 0.302 e. The minimum Gasteiger partial charge on any atom is -0.462 e. The highest BCUT2D eigenvalue weighted by atomic mass is 16.5. The molecular weight excluding hydrogens is 312 g/mol. The summed E-state index contributed by atoms with van der Waals surface area (Å²) in [5.41, 5.74) is 1.21. The number of hydrogen-bond donors (Lipinski definition) is 0. The van der Waals surface area contributed by atoms with Crippen molar-refractivity contribution in [3.05, 3.63) is 11.6 Å². The molecule has 3 heteroatoms. The zero-order chi connectivity index (χ0) is 19.0. The third kappa shape index (κ3) is 3.08. The van der Waals surface area contributed by atoms with Gasteiger partial charge in [-0.1, -0.05) is 53.2 Å². The molecule has 0 heterocycles. The molecule has 4 unspecified atom stereocenters. The van der Waals surface area contributed by atoms with Gasteiger partial charge in [0.1, 0.15) is 11.9 Å². The van der Waals surface area contributed by atoms with E-state index in [9.17, 15) is 9.59 Å². The number of ether oxygens (including phenoxy) is 1. The summed E-state index contributed by atoms with van der Waals surface area (Å²) in [6.45, 7) is 14.4. The minimum absolute atomic E-state index is 0.0153. The number of allylic oxidation sites excluding steroid dienone is 1. The van der Waals surface area contributed by atoms with E-state index in [1.165, 1.54) is 12.5 Å². The number of carbonyl (C=O) groups excluding carboxylic acids is 2. The molecule has 0 aliphatic heterocycles. The van der Waals surface area contributed by atoms with Crippen LogP contribution in [-0.2, 0) is 14.3 Å². The van der Waals surface area contributed by atoms with Crippen molar-refractivity contribution >= 4 is 11.8 Å². The Kier molecular flexibility index (Phi) is 5.56. The van der Waals surface area contributed by atoms with Crippen LogP contribution in [0.3, 0.4) is 0 Å². The zero-order valence-corrected chi connectivity index (χ0v) is 17.2. The molecule has 0 aromatic rings. The highest BCUT2D eigenvalue weighted by Gasteiger charge is 2.60. The van der Waals surface area contributed by atoms with Gasteiger partial charge in [0.2, 0.25) is 0 Å². The van der Waals surface area contributed by atoms with E-state index in [2.05, 4.69) is 33.8 Å². The van der Waals surface area contributed by atoms with Gasteiger partial charge in [0.25, 0.3) is 0 Å². The maximum absolute atomic E-state index is 12.5. The molecule has 3 rings (SSSR count). The summed E-state index contributed by atoms with van der Waals surface area (Å²) < 4.78 is 5.71. The lowest BCUT2D eigenvalue weighted by Gasteiger charge is -2.61. The molecule has 0 N–H and O–H groups in total. The van der Waals surface area contributed by atoms with E-state index in [-0.39, 0.29) is 28.3 Å². The molecule has 142 valence electrons. The first-order valence-electron chi connectivity index (χ1n) is 10.0. The summed E-state index contributed by atoms with van der Waals surface area (Å²) >= 11 is 0. The average molecular weight is 349 g/mol. The van der Waals surface area contributed by atoms with E-state index in [1.807, 2.05) is 13.8 Å². The van der Waals surface area contributed by atoms with Crippen molar-refractivity contribution in [2.75, 3.05) is 0 Å². The number of ketones is 1. The SMILES string of the molecule is CC.CC(=O)OC1CCC=C2C1(C)CCC1C(C)(C)C(=O)CCC21C.